The molecule has 0 spiro atoms. The quantitative estimate of drug-likeness (QED) is 0.672. The fourth-order valence-electron chi connectivity index (χ4n) is 1.19. The van der Waals surface area contributed by atoms with Gasteiger partial charge in [-0.05, 0) is 12.1 Å². The molecule has 18 heavy (non-hydrogen) atoms. The monoisotopic (exact) mass is 301 g/mol. The van der Waals surface area contributed by atoms with Crippen molar-refractivity contribution in [3.63, 3.8) is 0 Å². The van der Waals surface area contributed by atoms with Crippen LogP contribution in [0, 0.1) is 0 Å². The molecule has 3 nitrogen and oxygen atoms in total. The van der Waals surface area contributed by atoms with Gasteiger partial charge in [-0.1, -0.05) is 17.7 Å². The van der Waals surface area contributed by atoms with E-state index in [1.807, 2.05) is 0 Å². The van der Waals surface area contributed by atoms with Gasteiger partial charge < -0.3 is 10.5 Å². The lowest BCUT2D eigenvalue weighted by atomic mass is 10.3. The number of hydrogen-bond acceptors (Lipinski definition) is 3. The fraction of sp³-hybridized carbons (Fsp3) is 0.400. The molecule has 0 saturated heterocycles. The van der Waals surface area contributed by atoms with Gasteiger partial charge in [0.05, 0.1) is 33.1 Å². The molecule has 0 saturated carbocycles. The van der Waals surface area contributed by atoms with Crippen LogP contribution >= 0.6 is 11.6 Å². The number of nitrogens with two attached hydrogens (primary N) is 1. The summed E-state index contributed by atoms with van der Waals surface area (Å²) in [6.07, 6.45) is -4.38. The zero-order valence-corrected chi connectivity index (χ0v) is 10.7. The van der Waals surface area contributed by atoms with Crippen molar-refractivity contribution in [1.82, 2.24) is 0 Å². The SMILES string of the molecule is Nc1cccc(Cl)c1S(=O)CCOCC(F)(F)F. The van der Waals surface area contributed by atoms with Crippen LogP contribution in [0.3, 0.4) is 0 Å². The Morgan fingerprint density at radius 2 is 2.06 bits per heavy atom. The number of nitrogen functional groups attached to an aromatic ring is 1. The normalized spacial score (nSPS) is 13.6. The van der Waals surface area contributed by atoms with Gasteiger partial charge in [-0.25, -0.2) is 0 Å². The Labute approximate surface area is 110 Å². The second kappa shape index (κ2) is 6.40. The number of rotatable bonds is 5. The molecule has 0 amide bonds. The largest absolute Gasteiger partial charge is 0.411 e. The first kappa shape index (κ1) is 15.3. The van der Waals surface area contributed by atoms with Gasteiger partial charge in [0.15, 0.2) is 0 Å². The van der Waals surface area contributed by atoms with E-state index in [1.54, 1.807) is 6.07 Å². The highest BCUT2D eigenvalue weighted by Crippen LogP contribution is 2.25. The summed E-state index contributed by atoms with van der Waals surface area (Å²) in [5.41, 5.74) is 5.84. The van der Waals surface area contributed by atoms with Gasteiger partial charge in [0.2, 0.25) is 0 Å². The number of hydrogen-bond donors (Lipinski definition) is 1. The molecule has 1 rings (SSSR count). The zero-order valence-electron chi connectivity index (χ0n) is 9.17. The Morgan fingerprint density at radius 1 is 1.39 bits per heavy atom. The van der Waals surface area contributed by atoms with Crippen LogP contribution in [0.5, 0.6) is 0 Å². The average Bonchev–Trinajstić information content (AvgIpc) is 2.23. The minimum atomic E-state index is -4.38. The molecule has 0 heterocycles. The van der Waals surface area contributed by atoms with Crippen LogP contribution in [0.25, 0.3) is 0 Å². The highest BCUT2D eigenvalue weighted by Gasteiger charge is 2.27. The molecule has 1 atom stereocenters. The van der Waals surface area contributed by atoms with Crippen LogP contribution in [0.15, 0.2) is 23.1 Å². The Balaban J connectivity index is 2.51. The molecule has 0 radical (unpaired) electrons. The van der Waals surface area contributed by atoms with Crippen LogP contribution in [0.1, 0.15) is 0 Å². The van der Waals surface area contributed by atoms with Gasteiger partial charge in [-0.15, -0.1) is 0 Å². The Bertz CT molecular complexity index is 419. The molecule has 2 N–H and O–H groups in total. The predicted octanol–water partition coefficient (Wildman–Crippen LogP) is 2.61. The smallest absolute Gasteiger partial charge is 0.398 e. The molecular formula is C10H11ClF3NO2S. The van der Waals surface area contributed by atoms with Crippen molar-refractivity contribution in [2.24, 2.45) is 0 Å². The Morgan fingerprint density at radius 3 is 2.61 bits per heavy atom. The molecule has 0 aliphatic heterocycles. The zero-order chi connectivity index (χ0) is 13.8. The van der Waals surface area contributed by atoms with Crippen molar-refractivity contribution >= 4 is 28.1 Å². The van der Waals surface area contributed by atoms with Gasteiger partial charge in [0.1, 0.15) is 6.61 Å². The summed E-state index contributed by atoms with van der Waals surface area (Å²) in [7, 11) is -1.58. The minimum absolute atomic E-state index is 0.0932. The van der Waals surface area contributed by atoms with Gasteiger partial charge in [0.25, 0.3) is 0 Å². The summed E-state index contributed by atoms with van der Waals surface area (Å²) in [6, 6.07) is 4.63. The van der Waals surface area contributed by atoms with Gasteiger partial charge >= 0.3 is 6.18 Å². The number of benzene rings is 1. The summed E-state index contributed by atoms with van der Waals surface area (Å²) >= 11 is 5.82. The summed E-state index contributed by atoms with van der Waals surface area (Å²) in [5.74, 6) is -0.0932. The van der Waals surface area contributed by atoms with E-state index in [2.05, 4.69) is 4.74 Å². The highest BCUT2D eigenvalue weighted by atomic mass is 35.5. The summed E-state index contributed by atoms with van der Waals surface area (Å²) in [4.78, 5) is 0.231. The molecule has 102 valence electrons. The first-order valence-corrected chi connectivity index (χ1v) is 6.58. The topological polar surface area (TPSA) is 52.3 Å². The van der Waals surface area contributed by atoms with Crippen molar-refractivity contribution in [3.05, 3.63) is 23.2 Å². The van der Waals surface area contributed by atoms with E-state index >= 15 is 0 Å². The maximum absolute atomic E-state index is 11.8. The van der Waals surface area contributed by atoms with Crippen LogP contribution in [-0.2, 0) is 15.5 Å². The first-order valence-electron chi connectivity index (χ1n) is 4.88. The van der Waals surface area contributed by atoms with Crippen LogP contribution in [-0.4, -0.2) is 29.4 Å². The molecule has 0 fully saturated rings. The second-order valence-electron chi connectivity index (χ2n) is 3.38. The average molecular weight is 302 g/mol. The van der Waals surface area contributed by atoms with Crippen molar-refractivity contribution in [2.75, 3.05) is 24.7 Å². The maximum Gasteiger partial charge on any atom is 0.411 e. The molecular weight excluding hydrogens is 291 g/mol. The Kier molecular flexibility index (Phi) is 5.43. The van der Waals surface area contributed by atoms with E-state index in [1.165, 1.54) is 12.1 Å². The van der Waals surface area contributed by atoms with E-state index in [-0.39, 0.29) is 28.0 Å². The van der Waals surface area contributed by atoms with Crippen LogP contribution in [0.4, 0.5) is 18.9 Å². The second-order valence-corrected chi connectivity index (χ2v) is 5.29. The molecule has 1 aromatic carbocycles. The number of ether oxygens (including phenoxy) is 1. The van der Waals surface area contributed by atoms with E-state index in [9.17, 15) is 17.4 Å². The molecule has 1 unspecified atom stereocenters. The lowest BCUT2D eigenvalue weighted by molar-refractivity contribution is -0.172. The third-order valence-corrected chi connectivity index (χ3v) is 3.78. The number of anilines is 1. The molecule has 0 aliphatic rings. The van der Waals surface area contributed by atoms with Crippen molar-refractivity contribution in [1.29, 1.82) is 0 Å². The van der Waals surface area contributed by atoms with Crippen molar-refractivity contribution in [3.8, 4) is 0 Å². The lowest BCUT2D eigenvalue weighted by Crippen LogP contribution is -2.19. The fourth-order valence-corrected chi connectivity index (χ4v) is 2.72. The molecule has 8 heteroatoms. The van der Waals surface area contributed by atoms with Gasteiger partial charge in [-0.2, -0.15) is 13.2 Å². The summed E-state index contributed by atoms with van der Waals surface area (Å²) in [6.45, 7) is -1.64. The van der Waals surface area contributed by atoms with Crippen molar-refractivity contribution in [2.45, 2.75) is 11.1 Å². The molecule has 1 aromatic rings. The van der Waals surface area contributed by atoms with E-state index in [0.29, 0.717) is 0 Å². The van der Waals surface area contributed by atoms with Gasteiger partial charge in [-0.3, -0.25) is 4.21 Å². The van der Waals surface area contributed by atoms with Crippen molar-refractivity contribution < 1.29 is 22.1 Å². The van der Waals surface area contributed by atoms with E-state index in [4.69, 9.17) is 17.3 Å². The van der Waals surface area contributed by atoms with Crippen LogP contribution < -0.4 is 5.73 Å². The summed E-state index contributed by atoms with van der Waals surface area (Å²) in [5, 5.41) is 0.226. The molecule has 0 aliphatic carbocycles. The Hall–Kier alpha value is -0.790. The highest BCUT2D eigenvalue weighted by molar-refractivity contribution is 7.85. The third kappa shape index (κ3) is 4.83. The van der Waals surface area contributed by atoms with Crippen LogP contribution in [0.2, 0.25) is 5.02 Å². The predicted molar refractivity (Wildman–Crippen MR) is 64.0 cm³/mol. The number of alkyl halides is 3. The maximum atomic E-state index is 11.8. The standard InChI is InChI=1S/C10H11ClF3NO2S/c11-7-2-1-3-8(15)9(7)18(16)5-4-17-6-10(12,13)14/h1-3H,4-6,15H2. The van der Waals surface area contributed by atoms with E-state index in [0.717, 1.165) is 0 Å². The minimum Gasteiger partial charge on any atom is -0.398 e. The molecule has 0 aromatic heterocycles. The molecule has 0 bridgehead atoms. The third-order valence-electron chi connectivity index (χ3n) is 1.90. The summed E-state index contributed by atoms with van der Waals surface area (Å²) < 4.78 is 51.5. The number of halogens is 4. The van der Waals surface area contributed by atoms with E-state index < -0.39 is 23.6 Å². The lowest BCUT2D eigenvalue weighted by Gasteiger charge is -2.09. The van der Waals surface area contributed by atoms with Gasteiger partial charge in [0, 0.05) is 5.69 Å². The first-order chi connectivity index (χ1) is 8.31.